The summed E-state index contributed by atoms with van der Waals surface area (Å²) in [7, 11) is 0. The third kappa shape index (κ3) is 3.49. The first-order valence-corrected chi connectivity index (χ1v) is 6.14. The number of hydrogen-bond acceptors (Lipinski definition) is 4. The van der Waals surface area contributed by atoms with Crippen molar-refractivity contribution in [2.45, 2.75) is 19.1 Å². The van der Waals surface area contributed by atoms with Gasteiger partial charge in [-0.1, -0.05) is 6.07 Å². The van der Waals surface area contributed by atoms with E-state index in [0.717, 1.165) is 24.4 Å². The molecule has 3 rings (SSSR count). The third-order valence-electron chi connectivity index (χ3n) is 3.13. The van der Waals surface area contributed by atoms with Crippen LogP contribution in [0.25, 0.3) is 0 Å². The van der Waals surface area contributed by atoms with Crippen molar-refractivity contribution >= 4 is 24.8 Å². The maximum atomic E-state index is 5.69. The molecule has 1 aliphatic heterocycles. The van der Waals surface area contributed by atoms with E-state index in [9.17, 15) is 0 Å². The number of aromatic nitrogens is 3. The Morgan fingerprint density at radius 3 is 2.90 bits per heavy atom. The normalized spacial score (nSPS) is 16.8. The van der Waals surface area contributed by atoms with Crippen molar-refractivity contribution in [3.05, 3.63) is 47.5 Å². The maximum Gasteiger partial charge on any atom is 0.114 e. The fraction of sp³-hybridized carbons (Fsp3) is 0.385. The SMILES string of the molecule is Cl.Cl.NCC1OCCc2cn(Cc3ccccn3)nc21. The second kappa shape index (κ2) is 7.59. The van der Waals surface area contributed by atoms with Gasteiger partial charge < -0.3 is 10.5 Å². The van der Waals surface area contributed by atoms with Crippen molar-refractivity contribution in [3.8, 4) is 0 Å². The minimum Gasteiger partial charge on any atom is -0.370 e. The van der Waals surface area contributed by atoms with Gasteiger partial charge in [-0.05, 0) is 24.1 Å². The lowest BCUT2D eigenvalue weighted by Crippen LogP contribution is -2.22. The Hall–Kier alpha value is -1.14. The number of nitrogens with two attached hydrogens (primary N) is 1. The molecule has 1 atom stereocenters. The van der Waals surface area contributed by atoms with Gasteiger partial charge in [0, 0.05) is 18.9 Å². The van der Waals surface area contributed by atoms with E-state index < -0.39 is 0 Å². The predicted octanol–water partition coefficient (Wildman–Crippen LogP) is 1.74. The summed E-state index contributed by atoms with van der Waals surface area (Å²) in [4.78, 5) is 4.30. The fourth-order valence-corrected chi connectivity index (χ4v) is 2.25. The Kier molecular flexibility index (Phi) is 6.42. The van der Waals surface area contributed by atoms with Gasteiger partial charge in [-0.3, -0.25) is 9.67 Å². The zero-order valence-electron chi connectivity index (χ0n) is 10.9. The molecule has 0 fully saturated rings. The van der Waals surface area contributed by atoms with Crippen molar-refractivity contribution < 1.29 is 4.74 Å². The summed E-state index contributed by atoms with van der Waals surface area (Å²) in [6, 6.07) is 5.89. The van der Waals surface area contributed by atoms with Gasteiger partial charge in [-0.15, -0.1) is 24.8 Å². The molecule has 2 aromatic heterocycles. The van der Waals surface area contributed by atoms with Gasteiger partial charge in [0.2, 0.25) is 0 Å². The molecule has 0 aliphatic carbocycles. The zero-order valence-corrected chi connectivity index (χ0v) is 12.6. The smallest absolute Gasteiger partial charge is 0.114 e. The molecule has 5 nitrogen and oxygen atoms in total. The lowest BCUT2D eigenvalue weighted by atomic mass is 10.1. The van der Waals surface area contributed by atoms with Gasteiger partial charge in [-0.2, -0.15) is 5.10 Å². The first-order chi connectivity index (χ1) is 8.86. The van der Waals surface area contributed by atoms with Crippen molar-refractivity contribution in [3.63, 3.8) is 0 Å². The van der Waals surface area contributed by atoms with Crippen LogP contribution in [0.5, 0.6) is 0 Å². The summed E-state index contributed by atoms with van der Waals surface area (Å²) >= 11 is 0. The minimum atomic E-state index is -0.0567. The van der Waals surface area contributed by atoms with E-state index in [1.165, 1.54) is 5.56 Å². The molecule has 110 valence electrons. The molecule has 2 aromatic rings. The molecule has 0 spiro atoms. The van der Waals surface area contributed by atoms with Gasteiger partial charge in [0.1, 0.15) is 6.10 Å². The molecule has 1 unspecified atom stereocenters. The van der Waals surface area contributed by atoms with E-state index in [4.69, 9.17) is 10.5 Å². The number of pyridine rings is 1. The van der Waals surface area contributed by atoms with Crippen molar-refractivity contribution in [2.75, 3.05) is 13.2 Å². The largest absolute Gasteiger partial charge is 0.370 e. The van der Waals surface area contributed by atoms with Crippen molar-refractivity contribution in [1.29, 1.82) is 0 Å². The summed E-state index contributed by atoms with van der Waals surface area (Å²) in [6.07, 6.45) is 4.73. The first kappa shape index (κ1) is 16.9. The standard InChI is InChI=1S/C13H16N4O.2ClH/c14-7-12-13-10(4-6-18-12)8-17(16-13)9-11-3-1-2-5-15-11;;/h1-3,5,8,12H,4,6-7,9,14H2;2*1H. The highest BCUT2D eigenvalue weighted by atomic mass is 35.5. The summed E-state index contributed by atoms with van der Waals surface area (Å²) in [5, 5.41) is 4.57. The van der Waals surface area contributed by atoms with Crippen LogP contribution in [-0.2, 0) is 17.7 Å². The van der Waals surface area contributed by atoms with Crippen LogP contribution in [0.3, 0.4) is 0 Å². The molecular weight excluding hydrogens is 299 g/mol. The van der Waals surface area contributed by atoms with Crippen LogP contribution in [0.1, 0.15) is 23.1 Å². The molecule has 0 aromatic carbocycles. The molecule has 0 amide bonds. The quantitative estimate of drug-likeness (QED) is 0.936. The molecule has 0 saturated heterocycles. The monoisotopic (exact) mass is 316 g/mol. The van der Waals surface area contributed by atoms with Crippen LogP contribution < -0.4 is 5.73 Å². The predicted molar refractivity (Wildman–Crippen MR) is 81.5 cm³/mol. The molecule has 2 N–H and O–H groups in total. The van der Waals surface area contributed by atoms with Gasteiger partial charge in [0.05, 0.1) is 24.5 Å². The Morgan fingerprint density at radius 2 is 2.20 bits per heavy atom. The Labute approximate surface area is 130 Å². The minimum absolute atomic E-state index is 0. The average molecular weight is 317 g/mol. The fourth-order valence-electron chi connectivity index (χ4n) is 2.25. The van der Waals surface area contributed by atoms with Crippen molar-refractivity contribution in [1.82, 2.24) is 14.8 Å². The number of rotatable bonds is 3. The van der Waals surface area contributed by atoms with Crippen molar-refractivity contribution in [2.24, 2.45) is 5.73 Å². The molecular formula is C13H18Cl2N4O. The lowest BCUT2D eigenvalue weighted by molar-refractivity contribution is 0.0454. The Morgan fingerprint density at radius 1 is 1.35 bits per heavy atom. The van der Waals surface area contributed by atoms with Gasteiger partial charge in [0.25, 0.3) is 0 Å². The van der Waals surface area contributed by atoms with Crippen LogP contribution >= 0.6 is 24.8 Å². The highest BCUT2D eigenvalue weighted by molar-refractivity contribution is 5.85. The van der Waals surface area contributed by atoms with E-state index in [0.29, 0.717) is 13.1 Å². The topological polar surface area (TPSA) is 66.0 Å². The number of nitrogens with zero attached hydrogens (tertiary/aromatic N) is 3. The highest BCUT2D eigenvalue weighted by Gasteiger charge is 2.23. The summed E-state index contributed by atoms with van der Waals surface area (Å²) in [5.74, 6) is 0. The molecule has 7 heteroatoms. The van der Waals surface area contributed by atoms with Gasteiger partial charge >= 0.3 is 0 Å². The second-order valence-electron chi connectivity index (χ2n) is 4.40. The molecule has 0 bridgehead atoms. The average Bonchev–Trinajstić information content (AvgIpc) is 2.82. The molecule has 0 saturated carbocycles. The van der Waals surface area contributed by atoms with E-state index in [1.54, 1.807) is 6.20 Å². The van der Waals surface area contributed by atoms with E-state index in [-0.39, 0.29) is 30.9 Å². The number of fused-ring (bicyclic) bond motifs is 1. The summed E-state index contributed by atoms with van der Waals surface area (Å²) in [5.41, 5.74) is 8.92. The van der Waals surface area contributed by atoms with E-state index in [2.05, 4.69) is 16.3 Å². The third-order valence-corrected chi connectivity index (χ3v) is 3.13. The summed E-state index contributed by atoms with van der Waals surface area (Å²) < 4.78 is 7.52. The highest BCUT2D eigenvalue weighted by Crippen LogP contribution is 2.24. The zero-order chi connectivity index (χ0) is 12.4. The van der Waals surface area contributed by atoms with Crippen LogP contribution in [0.2, 0.25) is 0 Å². The maximum absolute atomic E-state index is 5.69. The Balaban J connectivity index is 0.000001000. The Bertz CT molecular complexity index is 532. The number of ether oxygens (including phenoxy) is 1. The van der Waals surface area contributed by atoms with E-state index >= 15 is 0 Å². The number of halogens is 2. The van der Waals surface area contributed by atoms with Crippen LogP contribution in [0.15, 0.2) is 30.6 Å². The molecule has 3 heterocycles. The second-order valence-corrected chi connectivity index (χ2v) is 4.40. The van der Waals surface area contributed by atoms with Crippen LogP contribution in [0.4, 0.5) is 0 Å². The van der Waals surface area contributed by atoms with Gasteiger partial charge in [-0.25, -0.2) is 0 Å². The van der Waals surface area contributed by atoms with E-state index in [1.807, 2.05) is 22.9 Å². The molecule has 1 aliphatic rings. The van der Waals surface area contributed by atoms with Crippen LogP contribution in [-0.4, -0.2) is 27.9 Å². The lowest BCUT2D eigenvalue weighted by Gasteiger charge is -2.19. The molecule has 20 heavy (non-hydrogen) atoms. The van der Waals surface area contributed by atoms with Crippen LogP contribution in [0, 0.1) is 0 Å². The first-order valence-electron chi connectivity index (χ1n) is 6.14. The summed E-state index contributed by atoms with van der Waals surface area (Å²) in [6.45, 7) is 1.89. The molecule has 0 radical (unpaired) electrons. The number of hydrogen-bond donors (Lipinski definition) is 1. The van der Waals surface area contributed by atoms with Gasteiger partial charge in [0.15, 0.2) is 0 Å².